The monoisotopic (exact) mass is 333 g/mol. The van der Waals surface area contributed by atoms with Crippen molar-refractivity contribution in [3.63, 3.8) is 0 Å². The van der Waals surface area contributed by atoms with Gasteiger partial charge in [0.15, 0.2) is 9.84 Å². The van der Waals surface area contributed by atoms with Crippen LogP contribution in [0.3, 0.4) is 0 Å². The summed E-state index contributed by atoms with van der Waals surface area (Å²) in [7, 11) is -5.25. The Morgan fingerprint density at radius 3 is 2.67 bits per heavy atom. The second kappa shape index (κ2) is 5.82. The Balaban J connectivity index is 2.17. The first-order chi connectivity index (χ1) is 9.73. The smallest absolute Gasteiger partial charge is 0.242 e. The molecule has 1 saturated heterocycles. The van der Waals surface area contributed by atoms with Crippen molar-refractivity contribution in [2.24, 2.45) is 5.92 Å². The fraction of sp³-hybridized carbons (Fsp3) is 0.500. The highest BCUT2D eigenvalue weighted by atomic mass is 32.2. The Morgan fingerprint density at radius 1 is 1.38 bits per heavy atom. The van der Waals surface area contributed by atoms with Crippen molar-refractivity contribution in [3.05, 3.63) is 18.2 Å². The third-order valence-corrected chi connectivity index (χ3v) is 6.76. The molecule has 1 aromatic carbocycles. The van der Waals surface area contributed by atoms with Gasteiger partial charge in [-0.3, -0.25) is 0 Å². The summed E-state index contributed by atoms with van der Waals surface area (Å²) in [5.41, 5.74) is 6.40. The molecule has 1 heterocycles. The van der Waals surface area contributed by atoms with Crippen LogP contribution in [0.1, 0.15) is 6.42 Å². The van der Waals surface area contributed by atoms with Gasteiger partial charge in [-0.2, -0.15) is 0 Å². The predicted molar refractivity (Wildman–Crippen MR) is 82.4 cm³/mol. The Bertz CT molecular complexity index is 729. The lowest BCUT2D eigenvalue weighted by molar-refractivity contribution is 0.586. The van der Waals surface area contributed by atoms with Crippen LogP contribution in [0, 0.1) is 5.92 Å². The molecule has 0 spiro atoms. The fourth-order valence-corrected chi connectivity index (χ4v) is 5.11. The number of nitrogens with one attached hydrogen (secondary N) is 2. The molecular formula is C12H19N3O4S2. The Labute approximate surface area is 124 Å². The van der Waals surface area contributed by atoms with E-state index in [9.17, 15) is 16.8 Å². The minimum atomic E-state index is -3.63. The molecule has 1 unspecified atom stereocenters. The maximum absolute atomic E-state index is 12.0. The van der Waals surface area contributed by atoms with Gasteiger partial charge in [0.25, 0.3) is 0 Å². The third kappa shape index (κ3) is 3.86. The minimum Gasteiger partial charge on any atom is -0.399 e. The lowest BCUT2D eigenvalue weighted by Crippen LogP contribution is -2.22. The molecule has 4 N–H and O–H groups in total. The molecular weight excluding hydrogens is 314 g/mol. The molecule has 0 aromatic heterocycles. The van der Waals surface area contributed by atoms with Gasteiger partial charge in [-0.25, -0.2) is 21.6 Å². The van der Waals surface area contributed by atoms with E-state index in [1.54, 1.807) is 12.1 Å². The summed E-state index contributed by atoms with van der Waals surface area (Å²) >= 11 is 0. The first-order valence-corrected chi connectivity index (χ1v) is 9.81. The van der Waals surface area contributed by atoms with E-state index in [1.165, 1.54) is 13.1 Å². The highest BCUT2D eigenvalue weighted by Gasteiger charge is 2.28. The van der Waals surface area contributed by atoms with E-state index in [0.29, 0.717) is 24.3 Å². The number of benzene rings is 1. The zero-order chi connectivity index (χ0) is 15.7. The highest BCUT2D eigenvalue weighted by molar-refractivity contribution is 7.91. The molecule has 2 rings (SSSR count). The van der Waals surface area contributed by atoms with Crippen molar-refractivity contribution >= 4 is 31.2 Å². The first-order valence-electron chi connectivity index (χ1n) is 6.51. The van der Waals surface area contributed by atoms with Gasteiger partial charge in [-0.05, 0) is 37.6 Å². The lowest BCUT2D eigenvalue weighted by Gasteiger charge is -2.15. The molecule has 0 radical (unpaired) electrons. The second-order valence-electron chi connectivity index (χ2n) is 5.11. The number of hydrogen-bond donors (Lipinski definition) is 3. The third-order valence-electron chi connectivity index (χ3n) is 3.47. The molecule has 0 saturated carbocycles. The Morgan fingerprint density at radius 2 is 2.10 bits per heavy atom. The van der Waals surface area contributed by atoms with Crippen LogP contribution >= 0.6 is 0 Å². The van der Waals surface area contributed by atoms with E-state index in [-0.39, 0.29) is 22.3 Å². The maximum Gasteiger partial charge on any atom is 0.242 e. The summed E-state index contributed by atoms with van der Waals surface area (Å²) in [6, 6.07) is 4.56. The van der Waals surface area contributed by atoms with Crippen LogP contribution in [0.5, 0.6) is 0 Å². The van der Waals surface area contributed by atoms with E-state index in [2.05, 4.69) is 10.0 Å². The molecule has 1 atom stereocenters. The molecule has 118 valence electrons. The highest BCUT2D eigenvalue weighted by Crippen LogP contribution is 2.25. The molecule has 1 fully saturated rings. The second-order valence-corrected chi connectivity index (χ2v) is 9.20. The van der Waals surface area contributed by atoms with Gasteiger partial charge in [0.1, 0.15) is 4.90 Å². The minimum absolute atomic E-state index is 0.00214. The Kier molecular flexibility index (Phi) is 4.45. The van der Waals surface area contributed by atoms with Gasteiger partial charge in [0.05, 0.1) is 17.2 Å². The molecule has 1 aliphatic rings. The SMILES string of the molecule is CNS(=O)(=O)c1cc(N)ccc1NCC1CCS(=O)(=O)C1. The van der Waals surface area contributed by atoms with Gasteiger partial charge in [0, 0.05) is 12.2 Å². The van der Waals surface area contributed by atoms with Crippen molar-refractivity contribution in [1.82, 2.24) is 4.72 Å². The first kappa shape index (κ1) is 16.1. The van der Waals surface area contributed by atoms with Crippen molar-refractivity contribution in [3.8, 4) is 0 Å². The normalized spacial score (nSPS) is 21.3. The molecule has 1 aromatic rings. The average molecular weight is 333 g/mol. The Hall–Kier alpha value is -1.32. The quantitative estimate of drug-likeness (QED) is 0.654. The van der Waals surface area contributed by atoms with Crippen LogP contribution in [-0.2, 0) is 19.9 Å². The molecule has 7 nitrogen and oxygen atoms in total. The van der Waals surface area contributed by atoms with Crippen molar-refractivity contribution < 1.29 is 16.8 Å². The lowest BCUT2D eigenvalue weighted by atomic mass is 10.1. The van der Waals surface area contributed by atoms with Crippen molar-refractivity contribution in [1.29, 1.82) is 0 Å². The number of anilines is 2. The fourth-order valence-electron chi connectivity index (χ4n) is 2.30. The van der Waals surface area contributed by atoms with Gasteiger partial charge >= 0.3 is 0 Å². The largest absolute Gasteiger partial charge is 0.399 e. The molecule has 0 bridgehead atoms. The number of nitrogen functional groups attached to an aromatic ring is 1. The van der Waals surface area contributed by atoms with Gasteiger partial charge < -0.3 is 11.1 Å². The number of hydrogen-bond acceptors (Lipinski definition) is 6. The van der Waals surface area contributed by atoms with E-state index in [0.717, 1.165) is 0 Å². The van der Waals surface area contributed by atoms with Gasteiger partial charge in [-0.15, -0.1) is 0 Å². The summed E-state index contributed by atoms with van der Waals surface area (Å²) in [5, 5.41) is 3.02. The van der Waals surface area contributed by atoms with Crippen molar-refractivity contribution in [2.75, 3.05) is 36.1 Å². The van der Waals surface area contributed by atoms with Crippen LogP contribution in [0.2, 0.25) is 0 Å². The summed E-state index contributed by atoms with van der Waals surface area (Å²) in [4.78, 5) is 0.0610. The van der Waals surface area contributed by atoms with Crippen molar-refractivity contribution in [2.45, 2.75) is 11.3 Å². The zero-order valence-electron chi connectivity index (χ0n) is 11.7. The van der Waals surface area contributed by atoms with Gasteiger partial charge in [-0.1, -0.05) is 0 Å². The zero-order valence-corrected chi connectivity index (χ0v) is 13.3. The van der Waals surface area contributed by atoms with Crippen LogP contribution in [-0.4, -0.2) is 41.9 Å². The van der Waals surface area contributed by atoms with Gasteiger partial charge in [0.2, 0.25) is 10.0 Å². The number of nitrogens with two attached hydrogens (primary N) is 1. The average Bonchev–Trinajstić information content (AvgIpc) is 2.77. The molecule has 9 heteroatoms. The number of sulfonamides is 1. The van der Waals surface area contributed by atoms with Crippen LogP contribution in [0.4, 0.5) is 11.4 Å². The summed E-state index contributed by atoms with van der Waals surface area (Å²) in [6.45, 7) is 0.412. The summed E-state index contributed by atoms with van der Waals surface area (Å²) in [6.07, 6.45) is 0.596. The van der Waals surface area contributed by atoms with Crippen LogP contribution in [0.15, 0.2) is 23.1 Å². The molecule has 1 aliphatic heterocycles. The van der Waals surface area contributed by atoms with E-state index in [4.69, 9.17) is 5.73 Å². The van der Waals surface area contributed by atoms with Crippen LogP contribution < -0.4 is 15.8 Å². The molecule has 21 heavy (non-hydrogen) atoms. The molecule has 0 amide bonds. The predicted octanol–water partition coefficient (Wildman–Crippen LogP) is 0.0235. The summed E-state index contributed by atoms with van der Waals surface area (Å²) in [5.74, 6) is 0.337. The van der Waals surface area contributed by atoms with E-state index >= 15 is 0 Å². The topological polar surface area (TPSA) is 118 Å². The number of sulfone groups is 1. The van der Waals surface area contributed by atoms with E-state index < -0.39 is 19.9 Å². The summed E-state index contributed by atoms with van der Waals surface area (Å²) < 4.78 is 49.0. The van der Waals surface area contributed by atoms with Crippen LogP contribution in [0.25, 0.3) is 0 Å². The molecule has 0 aliphatic carbocycles. The maximum atomic E-state index is 12.0. The van der Waals surface area contributed by atoms with E-state index in [1.807, 2.05) is 0 Å². The standard InChI is InChI=1S/C12H19N3O4S2/c1-14-21(18,19)12-6-10(13)2-3-11(12)15-7-9-4-5-20(16,17)8-9/h2-3,6,9,14-15H,4-5,7-8,13H2,1H3. The number of rotatable bonds is 5.